The van der Waals surface area contributed by atoms with Crippen molar-refractivity contribution in [1.29, 1.82) is 0 Å². The Morgan fingerprint density at radius 3 is 2.26 bits per heavy atom. The predicted molar refractivity (Wildman–Crippen MR) is 79.8 cm³/mol. The van der Waals surface area contributed by atoms with Crippen LogP contribution in [0.25, 0.3) is 0 Å². The fraction of sp³-hybridized carbons (Fsp3) is 0.625. The van der Waals surface area contributed by atoms with E-state index in [1.54, 1.807) is 7.11 Å². The van der Waals surface area contributed by atoms with Gasteiger partial charge in [-0.3, -0.25) is 4.90 Å². The normalized spacial score (nSPS) is 12.1. The van der Waals surface area contributed by atoms with E-state index < -0.39 is 5.60 Å². The van der Waals surface area contributed by atoms with Crippen molar-refractivity contribution in [3.8, 4) is 5.75 Å². The van der Waals surface area contributed by atoms with Gasteiger partial charge in [-0.15, -0.1) is 0 Å². The highest BCUT2D eigenvalue weighted by molar-refractivity contribution is 5.48. The van der Waals surface area contributed by atoms with E-state index in [-0.39, 0.29) is 0 Å². The van der Waals surface area contributed by atoms with E-state index in [1.807, 2.05) is 20.9 Å². The molecular formula is C16H27NO2. The van der Waals surface area contributed by atoms with Crippen LogP contribution in [0.4, 0.5) is 0 Å². The molecule has 1 N–H and O–H groups in total. The fourth-order valence-corrected chi connectivity index (χ4v) is 2.63. The molecule has 0 heterocycles. The van der Waals surface area contributed by atoms with Gasteiger partial charge in [0.2, 0.25) is 0 Å². The lowest BCUT2D eigenvalue weighted by Gasteiger charge is -2.26. The molecule has 0 spiro atoms. The summed E-state index contributed by atoms with van der Waals surface area (Å²) in [6.07, 6.45) is 0. The standard InChI is InChI=1S/C16H27NO2/c1-11-8-14(9-17(6)10-16(4,5)18)12(2)13(3)15(11)19-7/h8,18H,9-10H2,1-7H3. The lowest BCUT2D eigenvalue weighted by atomic mass is 9.98. The Bertz CT molecular complexity index is 447. The summed E-state index contributed by atoms with van der Waals surface area (Å²) in [4.78, 5) is 2.15. The predicted octanol–water partition coefficient (Wildman–Crippen LogP) is 2.82. The number of rotatable bonds is 5. The molecule has 1 aromatic rings. The van der Waals surface area contributed by atoms with Crippen LogP contribution in [0.3, 0.4) is 0 Å². The third-order valence-electron chi connectivity index (χ3n) is 3.43. The summed E-state index contributed by atoms with van der Waals surface area (Å²) in [5, 5.41) is 9.87. The van der Waals surface area contributed by atoms with Crippen molar-refractivity contribution < 1.29 is 9.84 Å². The zero-order chi connectivity index (χ0) is 14.8. The van der Waals surface area contributed by atoms with Crippen molar-refractivity contribution in [3.63, 3.8) is 0 Å². The molecule has 0 bridgehead atoms. The van der Waals surface area contributed by atoms with E-state index in [0.29, 0.717) is 6.54 Å². The van der Waals surface area contributed by atoms with E-state index >= 15 is 0 Å². The van der Waals surface area contributed by atoms with Crippen LogP contribution in [0.5, 0.6) is 5.75 Å². The van der Waals surface area contributed by atoms with E-state index in [9.17, 15) is 5.11 Å². The number of hydrogen-bond donors (Lipinski definition) is 1. The van der Waals surface area contributed by atoms with E-state index in [1.165, 1.54) is 16.7 Å². The topological polar surface area (TPSA) is 32.7 Å². The van der Waals surface area contributed by atoms with Crippen molar-refractivity contribution >= 4 is 0 Å². The molecule has 108 valence electrons. The number of nitrogens with zero attached hydrogens (tertiary/aromatic N) is 1. The SMILES string of the molecule is COc1c(C)cc(CN(C)CC(C)(C)O)c(C)c1C. The number of ether oxygens (including phenoxy) is 1. The Morgan fingerprint density at radius 1 is 1.21 bits per heavy atom. The second-order valence-corrected chi connectivity index (χ2v) is 6.12. The minimum Gasteiger partial charge on any atom is -0.496 e. The number of hydrogen-bond acceptors (Lipinski definition) is 3. The first-order valence-corrected chi connectivity index (χ1v) is 6.70. The average Bonchev–Trinajstić information content (AvgIpc) is 2.23. The summed E-state index contributed by atoms with van der Waals surface area (Å²) in [5.74, 6) is 0.978. The van der Waals surface area contributed by atoms with Gasteiger partial charge >= 0.3 is 0 Å². The smallest absolute Gasteiger partial charge is 0.124 e. The van der Waals surface area contributed by atoms with Crippen molar-refractivity contribution in [3.05, 3.63) is 28.3 Å². The third kappa shape index (κ3) is 4.22. The maximum Gasteiger partial charge on any atom is 0.124 e. The first kappa shape index (κ1) is 16.0. The highest BCUT2D eigenvalue weighted by Crippen LogP contribution is 2.29. The Hall–Kier alpha value is -1.06. The molecule has 1 rings (SSSR count). The van der Waals surface area contributed by atoms with E-state index in [4.69, 9.17) is 4.74 Å². The van der Waals surface area contributed by atoms with Crippen LogP contribution in [-0.2, 0) is 6.54 Å². The molecule has 0 saturated heterocycles. The summed E-state index contributed by atoms with van der Waals surface area (Å²) in [6, 6.07) is 2.18. The minimum absolute atomic E-state index is 0.649. The summed E-state index contributed by atoms with van der Waals surface area (Å²) in [5.41, 5.74) is 4.26. The Kier molecular flexibility index (Phi) is 4.99. The minimum atomic E-state index is -0.667. The Labute approximate surface area is 117 Å². The number of benzene rings is 1. The molecule has 1 aromatic carbocycles. The first-order valence-electron chi connectivity index (χ1n) is 6.70. The van der Waals surface area contributed by atoms with Gasteiger partial charge in [0.15, 0.2) is 0 Å². The van der Waals surface area contributed by atoms with Gasteiger partial charge < -0.3 is 9.84 Å². The highest BCUT2D eigenvalue weighted by Gasteiger charge is 2.17. The maximum absolute atomic E-state index is 9.87. The Balaban J connectivity index is 2.97. The van der Waals surface area contributed by atoms with Crippen LogP contribution in [0, 0.1) is 20.8 Å². The van der Waals surface area contributed by atoms with E-state index in [0.717, 1.165) is 17.9 Å². The van der Waals surface area contributed by atoms with Gasteiger partial charge in [-0.05, 0) is 63.9 Å². The molecule has 3 heteroatoms. The van der Waals surface area contributed by atoms with Crippen LogP contribution >= 0.6 is 0 Å². The summed E-state index contributed by atoms with van der Waals surface area (Å²) < 4.78 is 5.44. The highest BCUT2D eigenvalue weighted by atomic mass is 16.5. The number of aryl methyl sites for hydroxylation is 1. The van der Waals surface area contributed by atoms with E-state index in [2.05, 4.69) is 31.7 Å². The summed E-state index contributed by atoms with van der Waals surface area (Å²) >= 11 is 0. The number of methoxy groups -OCH3 is 1. The summed E-state index contributed by atoms with van der Waals surface area (Å²) in [7, 11) is 3.75. The molecule has 0 radical (unpaired) electrons. The van der Waals surface area contributed by atoms with Crippen molar-refractivity contribution in [2.45, 2.75) is 46.8 Å². The third-order valence-corrected chi connectivity index (χ3v) is 3.43. The molecule has 0 unspecified atom stereocenters. The van der Waals surface area contributed by atoms with Gasteiger partial charge in [-0.25, -0.2) is 0 Å². The molecule has 0 amide bonds. The van der Waals surface area contributed by atoms with Crippen LogP contribution in [0.15, 0.2) is 6.07 Å². The molecule has 0 atom stereocenters. The average molecular weight is 265 g/mol. The molecule has 0 aromatic heterocycles. The molecule has 0 aliphatic carbocycles. The first-order chi connectivity index (χ1) is 8.65. The van der Waals surface area contributed by atoms with Crippen LogP contribution < -0.4 is 4.74 Å². The molecule has 19 heavy (non-hydrogen) atoms. The molecule has 3 nitrogen and oxygen atoms in total. The monoisotopic (exact) mass is 265 g/mol. The molecule has 0 aliphatic rings. The summed E-state index contributed by atoms with van der Waals surface area (Å²) in [6.45, 7) is 11.5. The van der Waals surface area contributed by atoms with Gasteiger partial charge in [0.05, 0.1) is 12.7 Å². The van der Waals surface area contributed by atoms with Gasteiger partial charge in [-0.2, -0.15) is 0 Å². The maximum atomic E-state index is 9.87. The molecular weight excluding hydrogens is 238 g/mol. The molecule has 0 saturated carbocycles. The Morgan fingerprint density at radius 2 is 1.79 bits per heavy atom. The number of aliphatic hydroxyl groups is 1. The van der Waals surface area contributed by atoms with Gasteiger partial charge in [0, 0.05) is 13.1 Å². The van der Waals surface area contributed by atoms with Crippen molar-refractivity contribution in [2.75, 3.05) is 20.7 Å². The molecule has 0 fully saturated rings. The quantitative estimate of drug-likeness (QED) is 0.888. The number of likely N-dealkylation sites (N-methyl/N-ethyl adjacent to an activating group) is 1. The second kappa shape index (κ2) is 5.93. The van der Waals surface area contributed by atoms with Crippen LogP contribution in [0.2, 0.25) is 0 Å². The zero-order valence-corrected chi connectivity index (χ0v) is 13.3. The van der Waals surface area contributed by atoms with Gasteiger partial charge in [0.25, 0.3) is 0 Å². The van der Waals surface area contributed by atoms with Crippen molar-refractivity contribution in [2.24, 2.45) is 0 Å². The van der Waals surface area contributed by atoms with Gasteiger partial charge in [-0.1, -0.05) is 6.07 Å². The van der Waals surface area contributed by atoms with Crippen LogP contribution in [-0.4, -0.2) is 36.3 Å². The van der Waals surface area contributed by atoms with Crippen LogP contribution in [0.1, 0.15) is 36.1 Å². The van der Waals surface area contributed by atoms with Crippen molar-refractivity contribution in [1.82, 2.24) is 4.90 Å². The van der Waals surface area contributed by atoms with Gasteiger partial charge in [0.1, 0.15) is 5.75 Å². The second-order valence-electron chi connectivity index (χ2n) is 6.12. The fourth-order valence-electron chi connectivity index (χ4n) is 2.63. The largest absolute Gasteiger partial charge is 0.496 e. The lowest BCUT2D eigenvalue weighted by molar-refractivity contribution is 0.0424. The zero-order valence-electron chi connectivity index (χ0n) is 13.3. The lowest BCUT2D eigenvalue weighted by Crippen LogP contribution is -2.36. The molecule has 0 aliphatic heterocycles.